The van der Waals surface area contributed by atoms with Gasteiger partial charge in [0, 0.05) is 16.6 Å². The average Bonchev–Trinajstić information content (AvgIpc) is 3.06. The Morgan fingerprint density at radius 3 is 2.65 bits per heavy atom. The summed E-state index contributed by atoms with van der Waals surface area (Å²) < 4.78 is 10.2. The van der Waals surface area contributed by atoms with Crippen molar-refractivity contribution in [2.24, 2.45) is 0 Å². The van der Waals surface area contributed by atoms with E-state index in [2.05, 4.69) is 5.32 Å². The first-order valence-corrected chi connectivity index (χ1v) is 7.96. The minimum absolute atomic E-state index is 0.333. The van der Waals surface area contributed by atoms with Crippen LogP contribution in [0.1, 0.15) is 11.8 Å². The molecule has 0 radical (unpaired) electrons. The molecule has 0 bridgehead atoms. The predicted octanol–water partition coefficient (Wildman–Crippen LogP) is 3.34. The molecule has 120 valence electrons. The number of carbonyl (C=O) groups is 2. The Labute approximate surface area is 138 Å². The molecule has 0 atom stereocenters. The number of thiophene rings is 1. The van der Waals surface area contributed by atoms with Crippen LogP contribution in [0.25, 0.3) is 6.08 Å². The normalized spacial score (nSPS) is 10.5. The van der Waals surface area contributed by atoms with Gasteiger partial charge in [-0.15, -0.1) is 11.3 Å². The maximum Gasteiger partial charge on any atom is 0.331 e. The van der Waals surface area contributed by atoms with Gasteiger partial charge in [-0.1, -0.05) is 6.07 Å². The second-order valence-electron chi connectivity index (χ2n) is 4.46. The maximum absolute atomic E-state index is 11.7. The molecule has 0 aliphatic heterocycles. The molecule has 1 N–H and O–H groups in total. The molecule has 0 spiro atoms. The summed E-state index contributed by atoms with van der Waals surface area (Å²) >= 11 is 1.51. The van der Waals surface area contributed by atoms with Crippen molar-refractivity contribution in [2.75, 3.05) is 18.5 Å². The van der Waals surface area contributed by atoms with E-state index in [9.17, 15) is 9.59 Å². The number of rotatable bonds is 7. The summed E-state index contributed by atoms with van der Waals surface area (Å²) in [5, 5.41) is 4.55. The van der Waals surface area contributed by atoms with Gasteiger partial charge in [0.15, 0.2) is 6.61 Å². The van der Waals surface area contributed by atoms with E-state index < -0.39 is 11.9 Å². The minimum atomic E-state index is -0.555. The highest BCUT2D eigenvalue weighted by Crippen LogP contribution is 2.15. The van der Waals surface area contributed by atoms with Crippen molar-refractivity contribution >= 4 is 35.0 Å². The van der Waals surface area contributed by atoms with Crippen molar-refractivity contribution in [2.45, 2.75) is 6.92 Å². The summed E-state index contributed by atoms with van der Waals surface area (Å²) in [6, 6.07) is 10.7. The summed E-state index contributed by atoms with van der Waals surface area (Å²) in [5.41, 5.74) is 0.614. The Morgan fingerprint density at radius 2 is 2.00 bits per heavy atom. The molecule has 1 aromatic heterocycles. The molecule has 2 aromatic rings. The van der Waals surface area contributed by atoms with Gasteiger partial charge in [-0.3, -0.25) is 4.79 Å². The largest absolute Gasteiger partial charge is 0.494 e. The maximum atomic E-state index is 11.7. The number of nitrogens with one attached hydrogen (secondary N) is 1. The van der Waals surface area contributed by atoms with Crippen LogP contribution in [0.15, 0.2) is 47.9 Å². The lowest BCUT2D eigenvalue weighted by molar-refractivity contribution is -0.142. The number of carbonyl (C=O) groups excluding carboxylic acids is 2. The number of benzene rings is 1. The number of esters is 1. The van der Waals surface area contributed by atoms with Gasteiger partial charge in [-0.25, -0.2) is 4.79 Å². The molecule has 2 rings (SSSR count). The van der Waals surface area contributed by atoms with Crippen LogP contribution in [0.3, 0.4) is 0 Å². The fourth-order valence-corrected chi connectivity index (χ4v) is 2.34. The standard InChI is InChI=1S/C17H17NO4S/c1-2-21-14-7-5-13(6-8-14)18-16(19)12-22-17(20)10-9-15-4-3-11-23-15/h3-11H,2,12H2,1H3,(H,18,19)/b10-9+. The van der Waals surface area contributed by atoms with Crippen LogP contribution in [-0.2, 0) is 14.3 Å². The van der Waals surface area contributed by atoms with Crippen LogP contribution < -0.4 is 10.1 Å². The molecule has 0 saturated carbocycles. The lowest BCUT2D eigenvalue weighted by Gasteiger charge is -2.07. The fourth-order valence-electron chi connectivity index (χ4n) is 1.72. The van der Waals surface area contributed by atoms with E-state index in [1.165, 1.54) is 17.4 Å². The third-order valence-electron chi connectivity index (χ3n) is 2.72. The number of ether oxygens (including phenoxy) is 2. The van der Waals surface area contributed by atoms with Crippen LogP contribution in [0.5, 0.6) is 5.75 Å². The van der Waals surface area contributed by atoms with Crippen molar-refractivity contribution in [1.29, 1.82) is 0 Å². The van der Waals surface area contributed by atoms with Crippen LogP contribution in [0.4, 0.5) is 5.69 Å². The first-order chi connectivity index (χ1) is 11.2. The van der Waals surface area contributed by atoms with E-state index in [0.29, 0.717) is 12.3 Å². The summed E-state index contributed by atoms with van der Waals surface area (Å²) in [5.74, 6) is -0.220. The van der Waals surface area contributed by atoms with Crippen LogP contribution in [-0.4, -0.2) is 25.1 Å². The lowest BCUT2D eigenvalue weighted by atomic mass is 10.3. The van der Waals surface area contributed by atoms with Gasteiger partial charge in [0.2, 0.25) is 0 Å². The molecule has 0 unspecified atom stereocenters. The van der Waals surface area contributed by atoms with Gasteiger partial charge in [-0.2, -0.15) is 0 Å². The fraction of sp³-hybridized carbons (Fsp3) is 0.176. The molecule has 23 heavy (non-hydrogen) atoms. The van der Waals surface area contributed by atoms with E-state index in [1.807, 2.05) is 24.4 Å². The number of hydrogen-bond donors (Lipinski definition) is 1. The molecule has 1 amide bonds. The first-order valence-electron chi connectivity index (χ1n) is 7.08. The zero-order valence-electron chi connectivity index (χ0n) is 12.7. The van der Waals surface area contributed by atoms with Gasteiger partial charge >= 0.3 is 5.97 Å². The first kappa shape index (κ1) is 16.8. The molecule has 0 fully saturated rings. The Balaban J connectivity index is 1.75. The van der Waals surface area contributed by atoms with Crippen molar-refractivity contribution in [3.63, 3.8) is 0 Å². The van der Waals surface area contributed by atoms with Crippen LogP contribution >= 0.6 is 11.3 Å². The Hall–Kier alpha value is -2.60. The Bertz CT molecular complexity index is 662. The lowest BCUT2D eigenvalue weighted by Crippen LogP contribution is -2.20. The molecular formula is C17H17NO4S. The molecule has 0 aliphatic rings. The second kappa shape index (κ2) is 8.75. The highest BCUT2D eigenvalue weighted by Gasteiger charge is 2.06. The van der Waals surface area contributed by atoms with E-state index >= 15 is 0 Å². The number of anilines is 1. The smallest absolute Gasteiger partial charge is 0.331 e. The summed E-state index contributed by atoms with van der Waals surface area (Å²) in [4.78, 5) is 24.2. The predicted molar refractivity (Wildman–Crippen MR) is 90.6 cm³/mol. The van der Waals surface area contributed by atoms with Gasteiger partial charge < -0.3 is 14.8 Å². The summed E-state index contributed by atoms with van der Waals surface area (Å²) in [7, 11) is 0. The van der Waals surface area contributed by atoms with E-state index in [-0.39, 0.29) is 6.61 Å². The van der Waals surface area contributed by atoms with Gasteiger partial charge in [0.1, 0.15) is 5.75 Å². The van der Waals surface area contributed by atoms with E-state index in [1.54, 1.807) is 30.3 Å². The van der Waals surface area contributed by atoms with Gasteiger partial charge in [0.25, 0.3) is 5.91 Å². The topological polar surface area (TPSA) is 64.6 Å². The average molecular weight is 331 g/mol. The zero-order valence-corrected chi connectivity index (χ0v) is 13.5. The quantitative estimate of drug-likeness (QED) is 0.624. The minimum Gasteiger partial charge on any atom is -0.494 e. The van der Waals surface area contributed by atoms with Gasteiger partial charge in [-0.05, 0) is 48.7 Å². The van der Waals surface area contributed by atoms with Crippen LogP contribution in [0.2, 0.25) is 0 Å². The summed E-state index contributed by atoms with van der Waals surface area (Å²) in [6.45, 7) is 2.15. The van der Waals surface area contributed by atoms with Crippen molar-refractivity contribution in [3.8, 4) is 5.75 Å². The molecule has 1 aromatic carbocycles. The Kier molecular flexibility index (Phi) is 6.38. The zero-order chi connectivity index (χ0) is 16.5. The van der Waals surface area contributed by atoms with Crippen molar-refractivity contribution in [3.05, 3.63) is 52.7 Å². The number of amides is 1. The van der Waals surface area contributed by atoms with Gasteiger partial charge in [0.05, 0.1) is 6.61 Å². The molecular weight excluding hydrogens is 314 g/mol. The monoisotopic (exact) mass is 331 g/mol. The molecule has 6 heteroatoms. The SMILES string of the molecule is CCOc1ccc(NC(=O)COC(=O)/C=C/c2cccs2)cc1. The molecule has 0 saturated heterocycles. The van der Waals surface area contributed by atoms with Crippen molar-refractivity contribution in [1.82, 2.24) is 0 Å². The highest BCUT2D eigenvalue weighted by atomic mass is 32.1. The van der Waals surface area contributed by atoms with E-state index in [4.69, 9.17) is 9.47 Å². The van der Waals surface area contributed by atoms with E-state index in [0.717, 1.165) is 10.6 Å². The molecule has 0 aliphatic carbocycles. The third-order valence-corrected chi connectivity index (χ3v) is 3.56. The Morgan fingerprint density at radius 1 is 1.22 bits per heavy atom. The highest BCUT2D eigenvalue weighted by molar-refractivity contribution is 7.10. The van der Waals surface area contributed by atoms with Crippen LogP contribution in [0, 0.1) is 0 Å². The molecule has 5 nitrogen and oxygen atoms in total. The summed E-state index contributed by atoms with van der Waals surface area (Å²) in [6.07, 6.45) is 2.95. The van der Waals surface area contributed by atoms with Crippen molar-refractivity contribution < 1.29 is 19.1 Å². The third kappa shape index (κ3) is 5.96. The second-order valence-corrected chi connectivity index (χ2v) is 5.44. The number of hydrogen-bond acceptors (Lipinski definition) is 5. The molecule has 1 heterocycles.